The molecule has 0 aliphatic heterocycles. The Kier molecular flexibility index (Phi) is 10.1. The van der Waals surface area contributed by atoms with Gasteiger partial charge in [0.2, 0.25) is 0 Å². The minimum atomic E-state index is -4.75. The molecule has 0 saturated heterocycles. The van der Waals surface area contributed by atoms with Crippen LogP contribution in [0.5, 0.6) is 5.75 Å². The van der Waals surface area contributed by atoms with Crippen LogP contribution in [-0.2, 0) is 6.42 Å². The predicted octanol–water partition coefficient (Wildman–Crippen LogP) is 8.06. The van der Waals surface area contributed by atoms with Crippen LogP contribution in [0, 0.1) is 13.8 Å². The van der Waals surface area contributed by atoms with Crippen LogP contribution in [0.2, 0.25) is 0 Å². The molecule has 1 unspecified atom stereocenters. The number of ether oxygens (including phenoxy) is 1. The minimum Gasteiger partial charge on any atom is -0.406 e. The second-order valence-corrected chi connectivity index (χ2v) is 11.8. The molecule has 5 aromatic rings. The van der Waals surface area contributed by atoms with Gasteiger partial charge in [-0.05, 0) is 73.7 Å². The lowest BCUT2D eigenvalue weighted by molar-refractivity contribution is -0.274. The van der Waals surface area contributed by atoms with Crippen LogP contribution in [0.15, 0.2) is 83.4 Å². The number of hydrogen-bond acceptors (Lipinski definition) is 5. The number of carbonyl (C=O) groups is 1. The largest absolute Gasteiger partial charge is 0.573 e. The van der Waals surface area contributed by atoms with Crippen molar-refractivity contribution in [3.8, 4) is 28.5 Å². The van der Waals surface area contributed by atoms with Gasteiger partial charge >= 0.3 is 12.4 Å². The first kappa shape index (κ1) is 32.7. The third kappa shape index (κ3) is 7.92. The molecule has 0 aliphatic rings. The molecule has 0 fully saturated rings. The van der Waals surface area contributed by atoms with E-state index in [9.17, 15) is 18.0 Å². The Morgan fingerprint density at radius 3 is 2.46 bits per heavy atom. The van der Waals surface area contributed by atoms with Crippen LogP contribution in [0.25, 0.3) is 22.8 Å². The highest BCUT2D eigenvalue weighted by Crippen LogP contribution is 2.26. The molecular formula is C34H35F3N6O2S. The number of alkyl halides is 3. The molecule has 1 atom stereocenters. The van der Waals surface area contributed by atoms with Crippen molar-refractivity contribution in [2.75, 3.05) is 6.54 Å². The van der Waals surface area contributed by atoms with Gasteiger partial charge in [0.15, 0.2) is 10.6 Å². The van der Waals surface area contributed by atoms with Crippen molar-refractivity contribution in [1.29, 1.82) is 0 Å². The van der Waals surface area contributed by atoms with E-state index in [0.29, 0.717) is 22.9 Å². The molecule has 0 radical (unpaired) electrons. The first-order valence-electron chi connectivity index (χ1n) is 15.0. The van der Waals surface area contributed by atoms with Gasteiger partial charge in [-0.3, -0.25) is 4.57 Å². The molecule has 0 aliphatic carbocycles. The van der Waals surface area contributed by atoms with Gasteiger partial charge in [0.25, 0.3) is 0 Å². The Balaban J connectivity index is 1.25. The third-order valence-corrected chi connectivity index (χ3v) is 8.48. The first-order valence-corrected chi connectivity index (χ1v) is 15.9. The van der Waals surface area contributed by atoms with Gasteiger partial charge in [0.1, 0.15) is 12.1 Å². The first-order chi connectivity index (χ1) is 22.0. The number of halogens is 3. The molecule has 0 saturated carbocycles. The molecule has 12 heteroatoms. The fourth-order valence-electron chi connectivity index (χ4n) is 5.19. The van der Waals surface area contributed by atoms with E-state index in [-0.39, 0.29) is 17.7 Å². The summed E-state index contributed by atoms with van der Waals surface area (Å²) in [4.78, 5) is 22.4. The summed E-state index contributed by atoms with van der Waals surface area (Å²) in [5.41, 5.74) is 6.84. The molecule has 2 heterocycles. The summed E-state index contributed by atoms with van der Waals surface area (Å²) < 4.78 is 44.8. The molecule has 5 rings (SSSR count). The average molecular weight is 649 g/mol. The molecular weight excluding hydrogens is 613 g/mol. The lowest BCUT2D eigenvalue weighted by Gasteiger charge is -2.16. The second-order valence-electron chi connectivity index (χ2n) is 11.0. The monoisotopic (exact) mass is 648 g/mol. The molecule has 1 N–H and O–H groups in total. The van der Waals surface area contributed by atoms with Crippen LogP contribution >= 0.6 is 11.3 Å². The number of nitrogens with one attached hydrogen (secondary N) is 1. The van der Waals surface area contributed by atoms with Gasteiger partial charge in [-0.15, -0.1) is 29.6 Å². The maximum atomic E-state index is 13.0. The van der Waals surface area contributed by atoms with Crippen LogP contribution in [0.3, 0.4) is 0 Å². The summed E-state index contributed by atoms with van der Waals surface area (Å²) >= 11 is 1.45. The highest BCUT2D eigenvalue weighted by Gasteiger charge is 2.31. The van der Waals surface area contributed by atoms with Crippen molar-refractivity contribution in [3.05, 3.63) is 106 Å². The van der Waals surface area contributed by atoms with E-state index in [1.807, 2.05) is 36.6 Å². The lowest BCUT2D eigenvalue weighted by atomic mass is 9.95. The van der Waals surface area contributed by atoms with Crippen molar-refractivity contribution in [2.24, 2.45) is 4.99 Å². The maximum Gasteiger partial charge on any atom is 0.573 e. The molecule has 46 heavy (non-hydrogen) atoms. The van der Waals surface area contributed by atoms with Crippen molar-refractivity contribution >= 4 is 17.4 Å². The van der Waals surface area contributed by atoms with E-state index in [1.165, 1.54) is 52.2 Å². The van der Waals surface area contributed by atoms with E-state index in [1.54, 1.807) is 0 Å². The highest BCUT2D eigenvalue weighted by molar-refractivity contribution is 7.07. The predicted molar refractivity (Wildman–Crippen MR) is 173 cm³/mol. The zero-order chi connectivity index (χ0) is 32.8. The number of aromatic nitrogens is 4. The number of thiazole rings is 1. The molecule has 2 aromatic heterocycles. The van der Waals surface area contributed by atoms with Crippen molar-refractivity contribution < 1.29 is 22.7 Å². The van der Waals surface area contributed by atoms with Gasteiger partial charge in [-0.1, -0.05) is 56.7 Å². The number of nitrogens with zero attached hydrogens (tertiary/aromatic N) is 5. The molecule has 240 valence electrons. The number of hydrogen-bond donors (Lipinski definition) is 1. The number of urea groups is 1. The summed E-state index contributed by atoms with van der Waals surface area (Å²) in [5, 5.41) is 9.48. The zero-order valence-corrected chi connectivity index (χ0v) is 26.8. The maximum absolute atomic E-state index is 13.0. The van der Waals surface area contributed by atoms with E-state index in [4.69, 9.17) is 0 Å². The number of carbonyl (C=O) groups excluding carboxylic acids is 1. The smallest absolute Gasteiger partial charge is 0.406 e. The van der Waals surface area contributed by atoms with Gasteiger partial charge in [0.05, 0.1) is 11.4 Å². The van der Waals surface area contributed by atoms with Crippen LogP contribution in [0.1, 0.15) is 55.0 Å². The Morgan fingerprint density at radius 2 is 1.78 bits per heavy atom. The molecule has 2 amide bonds. The van der Waals surface area contributed by atoms with Crippen molar-refractivity contribution in [2.45, 2.75) is 59.2 Å². The summed E-state index contributed by atoms with van der Waals surface area (Å²) in [7, 11) is 0. The average Bonchev–Trinajstić information content (AvgIpc) is 3.65. The molecule has 3 aromatic carbocycles. The van der Waals surface area contributed by atoms with Gasteiger partial charge in [-0.25, -0.2) is 14.5 Å². The van der Waals surface area contributed by atoms with E-state index >= 15 is 0 Å². The number of rotatable bonds is 10. The Morgan fingerprint density at radius 1 is 1.04 bits per heavy atom. The van der Waals surface area contributed by atoms with Crippen molar-refractivity contribution in [1.82, 2.24) is 24.6 Å². The number of aryl methyl sites for hydroxylation is 3. The summed E-state index contributed by atoms with van der Waals surface area (Å²) in [6, 6.07) is 19.2. The molecule has 0 bridgehead atoms. The van der Waals surface area contributed by atoms with E-state index in [2.05, 4.69) is 68.7 Å². The van der Waals surface area contributed by atoms with Crippen LogP contribution < -0.4 is 14.9 Å². The zero-order valence-electron chi connectivity index (χ0n) is 26.0. The standard InChI is InChI=1S/C34H35F3N6O2S/c1-5-7-26-9-8-22(3)18-30(26)43-23(4)20-46-33(43)40-32(44)38-19-24(6-2)25-10-12-27(13-11-25)31-39-21-42(41-31)28-14-16-29(17-15-28)45-34(35,36)37/h8-18,20-21,24H,5-7,19H2,1-4H3,(H,38,44)/b40-33-. The topological polar surface area (TPSA) is 86.3 Å². The summed E-state index contributed by atoms with van der Waals surface area (Å²) in [6.07, 6.45) is -0.482. The summed E-state index contributed by atoms with van der Waals surface area (Å²) in [5.74, 6) is 0.231. The van der Waals surface area contributed by atoms with Crippen LogP contribution in [0.4, 0.5) is 18.0 Å². The van der Waals surface area contributed by atoms with Crippen LogP contribution in [-0.4, -0.2) is 38.3 Å². The third-order valence-electron chi connectivity index (χ3n) is 7.54. The molecule has 8 nitrogen and oxygen atoms in total. The SMILES string of the molecule is CCCc1ccc(C)cc1-n1c(C)cs/c1=N\C(=O)NCC(CC)c1ccc(-c2ncn(-c3ccc(OC(F)(F)F)cc3)n2)cc1. The number of amides is 2. The molecule has 0 spiro atoms. The van der Waals surface area contributed by atoms with E-state index in [0.717, 1.165) is 47.3 Å². The lowest BCUT2D eigenvalue weighted by Crippen LogP contribution is -2.28. The fraction of sp³-hybridized carbons (Fsp3) is 0.294. The Labute approximate surface area is 269 Å². The number of benzene rings is 3. The summed E-state index contributed by atoms with van der Waals surface area (Å²) in [6.45, 7) is 8.74. The highest BCUT2D eigenvalue weighted by atomic mass is 32.1. The normalized spacial score (nSPS) is 12.7. The van der Waals surface area contributed by atoms with Gasteiger partial charge in [0, 0.05) is 29.1 Å². The second kappa shape index (κ2) is 14.2. The minimum absolute atomic E-state index is 0.0706. The quantitative estimate of drug-likeness (QED) is 0.166. The van der Waals surface area contributed by atoms with E-state index < -0.39 is 6.36 Å². The Hall–Kier alpha value is -4.71. The Bertz CT molecular complexity index is 1860. The van der Waals surface area contributed by atoms with Crippen molar-refractivity contribution in [3.63, 3.8) is 0 Å². The fourth-order valence-corrected chi connectivity index (χ4v) is 6.05. The van der Waals surface area contributed by atoms with Gasteiger partial charge in [-0.2, -0.15) is 4.99 Å². The van der Waals surface area contributed by atoms with Gasteiger partial charge < -0.3 is 10.1 Å².